The van der Waals surface area contributed by atoms with Gasteiger partial charge < -0.3 is 15.3 Å². The van der Waals surface area contributed by atoms with Crippen molar-refractivity contribution < 1.29 is 5.11 Å². The minimum atomic E-state index is 0.319. The Labute approximate surface area is 123 Å². The molecule has 0 aromatic heterocycles. The average Bonchev–Trinajstić information content (AvgIpc) is 2.65. The smallest absolute Gasteiger partial charge is 0.0431 e. The fraction of sp³-hybridized carbons (Fsp3) is 0.647. The molecule has 2 rings (SSSR count). The van der Waals surface area contributed by atoms with Crippen molar-refractivity contribution in [3.05, 3.63) is 29.8 Å². The van der Waals surface area contributed by atoms with Gasteiger partial charge in [-0.1, -0.05) is 25.1 Å². The first-order chi connectivity index (χ1) is 9.86. The highest BCUT2D eigenvalue weighted by molar-refractivity contribution is 5.55. The van der Waals surface area contributed by atoms with Gasteiger partial charge in [-0.25, -0.2) is 0 Å². The molecule has 0 spiro atoms. The summed E-state index contributed by atoms with van der Waals surface area (Å²) in [5.41, 5.74) is 2.86. The quantitative estimate of drug-likeness (QED) is 0.751. The first kappa shape index (κ1) is 15.3. The van der Waals surface area contributed by atoms with Gasteiger partial charge in [-0.15, -0.1) is 0 Å². The molecule has 0 saturated heterocycles. The van der Waals surface area contributed by atoms with Gasteiger partial charge in [-0.3, -0.25) is 0 Å². The molecule has 0 fully saturated rings. The van der Waals surface area contributed by atoms with Crippen molar-refractivity contribution in [1.82, 2.24) is 5.32 Å². The Morgan fingerprint density at radius 1 is 1.25 bits per heavy atom. The number of nitrogens with zero attached hydrogens (tertiary/aromatic N) is 1. The zero-order chi connectivity index (χ0) is 14.2. The molecule has 1 unspecified atom stereocenters. The Balaban J connectivity index is 2.07. The zero-order valence-electron chi connectivity index (χ0n) is 12.6. The van der Waals surface area contributed by atoms with E-state index in [0.717, 1.165) is 32.5 Å². The van der Waals surface area contributed by atoms with Crippen LogP contribution in [-0.4, -0.2) is 31.3 Å². The fourth-order valence-corrected chi connectivity index (χ4v) is 3.11. The molecular formula is C17H28N2O. The van der Waals surface area contributed by atoms with Crippen LogP contribution in [0.15, 0.2) is 24.3 Å². The Morgan fingerprint density at radius 3 is 2.90 bits per heavy atom. The van der Waals surface area contributed by atoms with Gasteiger partial charge in [0.2, 0.25) is 0 Å². The lowest BCUT2D eigenvalue weighted by atomic mass is 10.0. The molecule has 1 aliphatic heterocycles. The predicted octanol–water partition coefficient (Wildman–Crippen LogP) is 3.10. The van der Waals surface area contributed by atoms with E-state index in [1.807, 2.05) is 0 Å². The molecule has 112 valence electrons. The highest BCUT2D eigenvalue weighted by Crippen LogP contribution is 2.32. The lowest BCUT2D eigenvalue weighted by molar-refractivity contribution is 0.283. The molecular weight excluding hydrogens is 248 g/mol. The van der Waals surface area contributed by atoms with Crippen LogP contribution < -0.4 is 10.2 Å². The van der Waals surface area contributed by atoms with Gasteiger partial charge in [0.15, 0.2) is 0 Å². The molecule has 1 atom stereocenters. The molecule has 0 saturated carbocycles. The van der Waals surface area contributed by atoms with Gasteiger partial charge in [-0.2, -0.15) is 0 Å². The van der Waals surface area contributed by atoms with Crippen molar-refractivity contribution in [3.8, 4) is 0 Å². The third kappa shape index (κ3) is 3.97. The number of unbranched alkanes of at least 4 members (excludes halogenated alkanes) is 2. The predicted molar refractivity (Wildman–Crippen MR) is 85.2 cm³/mol. The number of hydrogen-bond donors (Lipinski definition) is 2. The standard InChI is InChI=1S/C17H28N2O/c1-2-18-16-10-8-13-19(12-6-3-7-14-20)17-11-5-4-9-15(16)17/h4-5,9,11,16,18,20H,2-3,6-8,10,12-14H2,1H3. The Hall–Kier alpha value is -1.06. The number of aliphatic hydroxyl groups is 1. The molecule has 2 N–H and O–H groups in total. The highest BCUT2D eigenvalue weighted by Gasteiger charge is 2.21. The van der Waals surface area contributed by atoms with Crippen molar-refractivity contribution in [2.75, 3.05) is 31.1 Å². The molecule has 0 amide bonds. The monoisotopic (exact) mass is 276 g/mol. The van der Waals surface area contributed by atoms with Crippen LogP contribution in [0, 0.1) is 0 Å². The number of anilines is 1. The first-order valence-corrected chi connectivity index (χ1v) is 8.05. The van der Waals surface area contributed by atoms with Crippen molar-refractivity contribution in [2.24, 2.45) is 0 Å². The molecule has 0 radical (unpaired) electrons. The van der Waals surface area contributed by atoms with E-state index in [-0.39, 0.29) is 0 Å². The Morgan fingerprint density at radius 2 is 2.10 bits per heavy atom. The summed E-state index contributed by atoms with van der Waals surface area (Å²) in [4.78, 5) is 2.53. The van der Waals surface area contributed by atoms with Crippen LogP contribution in [0.2, 0.25) is 0 Å². The van der Waals surface area contributed by atoms with Crippen LogP contribution in [0.1, 0.15) is 50.6 Å². The molecule has 1 aliphatic rings. The number of para-hydroxylation sites is 1. The van der Waals surface area contributed by atoms with Gasteiger partial charge in [0, 0.05) is 31.4 Å². The van der Waals surface area contributed by atoms with Crippen LogP contribution in [0.3, 0.4) is 0 Å². The third-order valence-corrected chi connectivity index (χ3v) is 4.11. The van der Waals surface area contributed by atoms with Gasteiger partial charge in [-0.05, 0) is 50.3 Å². The topological polar surface area (TPSA) is 35.5 Å². The maximum atomic E-state index is 8.88. The van der Waals surface area contributed by atoms with Crippen molar-refractivity contribution >= 4 is 5.69 Å². The summed E-state index contributed by atoms with van der Waals surface area (Å²) in [6.45, 7) is 5.78. The van der Waals surface area contributed by atoms with Crippen LogP contribution >= 0.6 is 0 Å². The summed E-state index contributed by atoms with van der Waals surface area (Å²) < 4.78 is 0. The van der Waals surface area contributed by atoms with E-state index in [4.69, 9.17) is 5.11 Å². The molecule has 0 bridgehead atoms. The zero-order valence-corrected chi connectivity index (χ0v) is 12.6. The van der Waals surface area contributed by atoms with Gasteiger partial charge in [0.25, 0.3) is 0 Å². The Kier molecular flexibility index (Phi) is 6.34. The van der Waals surface area contributed by atoms with E-state index >= 15 is 0 Å². The number of aliphatic hydroxyl groups excluding tert-OH is 1. The van der Waals surface area contributed by atoms with Gasteiger partial charge in [0.05, 0.1) is 0 Å². The molecule has 1 aromatic carbocycles. The van der Waals surface area contributed by atoms with Crippen LogP contribution in [0.4, 0.5) is 5.69 Å². The average molecular weight is 276 g/mol. The summed E-state index contributed by atoms with van der Waals surface area (Å²) in [7, 11) is 0. The lowest BCUT2D eigenvalue weighted by Crippen LogP contribution is -2.25. The summed E-state index contributed by atoms with van der Waals surface area (Å²) in [5.74, 6) is 0. The number of rotatable bonds is 7. The van der Waals surface area contributed by atoms with Crippen LogP contribution in [-0.2, 0) is 0 Å². The third-order valence-electron chi connectivity index (χ3n) is 4.11. The maximum Gasteiger partial charge on any atom is 0.0431 e. The molecule has 3 nitrogen and oxygen atoms in total. The second kappa shape index (κ2) is 8.28. The fourth-order valence-electron chi connectivity index (χ4n) is 3.11. The van der Waals surface area contributed by atoms with E-state index in [1.165, 1.54) is 30.5 Å². The van der Waals surface area contributed by atoms with E-state index in [2.05, 4.69) is 41.4 Å². The van der Waals surface area contributed by atoms with E-state index in [1.54, 1.807) is 0 Å². The maximum absolute atomic E-state index is 8.88. The summed E-state index contributed by atoms with van der Waals surface area (Å²) >= 11 is 0. The van der Waals surface area contributed by atoms with Crippen LogP contribution in [0.5, 0.6) is 0 Å². The van der Waals surface area contributed by atoms with Gasteiger partial charge >= 0.3 is 0 Å². The number of benzene rings is 1. The molecule has 1 aromatic rings. The van der Waals surface area contributed by atoms with E-state index < -0.39 is 0 Å². The first-order valence-electron chi connectivity index (χ1n) is 8.05. The minimum absolute atomic E-state index is 0.319. The Bertz CT molecular complexity index is 394. The molecule has 0 aliphatic carbocycles. The largest absolute Gasteiger partial charge is 0.396 e. The molecule has 3 heteroatoms. The van der Waals surface area contributed by atoms with Gasteiger partial charge in [0.1, 0.15) is 0 Å². The number of hydrogen-bond acceptors (Lipinski definition) is 3. The summed E-state index contributed by atoms with van der Waals surface area (Å²) in [6.07, 6.45) is 5.67. The minimum Gasteiger partial charge on any atom is -0.396 e. The summed E-state index contributed by atoms with van der Waals surface area (Å²) in [5, 5.41) is 12.5. The van der Waals surface area contributed by atoms with E-state index in [9.17, 15) is 0 Å². The summed E-state index contributed by atoms with van der Waals surface area (Å²) in [6, 6.07) is 9.33. The molecule has 20 heavy (non-hydrogen) atoms. The van der Waals surface area contributed by atoms with Crippen molar-refractivity contribution in [3.63, 3.8) is 0 Å². The number of nitrogens with one attached hydrogen (secondary N) is 1. The second-order valence-electron chi connectivity index (χ2n) is 5.58. The van der Waals surface area contributed by atoms with Crippen molar-refractivity contribution in [2.45, 2.75) is 45.1 Å². The second-order valence-corrected chi connectivity index (χ2v) is 5.58. The van der Waals surface area contributed by atoms with Crippen LogP contribution in [0.25, 0.3) is 0 Å². The normalized spacial score (nSPS) is 18.7. The SMILES string of the molecule is CCNC1CCCN(CCCCCO)c2ccccc21. The lowest BCUT2D eigenvalue weighted by Gasteiger charge is -2.26. The molecule has 1 heterocycles. The highest BCUT2D eigenvalue weighted by atomic mass is 16.2. The van der Waals surface area contributed by atoms with Crippen molar-refractivity contribution in [1.29, 1.82) is 0 Å². The van der Waals surface area contributed by atoms with E-state index in [0.29, 0.717) is 12.6 Å². The number of fused-ring (bicyclic) bond motifs is 1.